The molecular formula is C4H5OS. The fraction of sp³-hybridized carbons (Fsp3) is 0.250. The largest absolute Gasteiger partial charge is 0.499 e. The summed E-state index contributed by atoms with van der Waals surface area (Å²) in [6.07, 6.45) is 1.70. The van der Waals surface area contributed by atoms with Gasteiger partial charge >= 0.3 is 0 Å². The van der Waals surface area contributed by atoms with Gasteiger partial charge in [-0.2, -0.15) is 0 Å². The molecule has 0 unspecified atom stereocenters. The second kappa shape index (κ2) is 2.13. The fourth-order valence-corrected chi connectivity index (χ4v) is 0.672. The Kier molecular flexibility index (Phi) is 1.44. The lowest BCUT2D eigenvalue weighted by Gasteiger charge is -2.00. The Morgan fingerprint density at radius 2 is 2.67 bits per heavy atom. The Morgan fingerprint density at radius 3 is 2.83 bits per heavy atom. The van der Waals surface area contributed by atoms with Crippen LogP contribution in [0, 0.1) is 5.75 Å². The van der Waals surface area contributed by atoms with Crippen LogP contribution < -0.4 is 0 Å². The van der Waals surface area contributed by atoms with Crippen LogP contribution in [0.25, 0.3) is 0 Å². The van der Waals surface area contributed by atoms with Crippen molar-refractivity contribution in [1.29, 1.82) is 0 Å². The summed E-state index contributed by atoms with van der Waals surface area (Å²) in [5, 5.41) is 1.91. The molecule has 0 amide bonds. The Hall–Kier alpha value is -0.110. The Balaban J connectivity index is 2.26. The van der Waals surface area contributed by atoms with E-state index in [1.807, 2.05) is 11.2 Å². The van der Waals surface area contributed by atoms with E-state index in [1.165, 1.54) is 0 Å². The zero-order valence-electron chi connectivity index (χ0n) is 3.26. The lowest BCUT2D eigenvalue weighted by molar-refractivity contribution is 0.283. The molecule has 0 saturated carbocycles. The van der Waals surface area contributed by atoms with Gasteiger partial charge < -0.3 is 4.74 Å². The van der Waals surface area contributed by atoms with Crippen LogP contribution >= 0.6 is 11.8 Å². The van der Waals surface area contributed by atoms with Crippen molar-refractivity contribution in [2.45, 2.75) is 0 Å². The van der Waals surface area contributed by atoms with Crippen LogP contribution in [0.15, 0.2) is 11.7 Å². The summed E-state index contributed by atoms with van der Waals surface area (Å²) in [5.41, 5.74) is 0. The molecule has 0 bridgehead atoms. The van der Waals surface area contributed by atoms with Gasteiger partial charge in [0.05, 0.1) is 12.0 Å². The molecule has 1 radical (unpaired) electrons. The van der Waals surface area contributed by atoms with E-state index in [2.05, 4.69) is 0 Å². The summed E-state index contributed by atoms with van der Waals surface area (Å²) in [6, 6.07) is 0. The third-order valence-electron chi connectivity index (χ3n) is 0.491. The van der Waals surface area contributed by atoms with Crippen molar-refractivity contribution in [3.63, 3.8) is 0 Å². The second-order valence-electron chi connectivity index (χ2n) is 0.908. The Morgan fingerprint density at radius 1 is 1.67 bits per heavy atom. The summed E-state index contributed by atoms with van der Waals surface area (Å²) in [6.45, 7) is 0.751. The molecule has 0 aliphatic carbocycles. The second-order valence-corrected chi connectivity index (χ2v) is 1.79. The van der Waals surface area contributed by atoms with Crippen molar-refractivity contribution in [3.8, 4) is 0 Å². The molecule has 0 aromatic carbocycles. The first-order valence-electron chi connectivity index (χ1n) is 1.74. The van der Waals surface area contributed by atoms with Crippen LogP contribution in [0.3, 0.4) is 0 Å². The molecule has 1 rings (SSSR count). The van der Waals surface area contributed by atoms with Gasteiger partial charge in [0.25, 0.3) is 0 Å². The number of ether oxygens (including phenoxy) is 1. The van der Waals surface area contributed by atoms with Gasteiger partial charge in [-0.15, -0.1) is 11.8 Å². The molecule has 6 heavy (non-hydrogen) atoms. The molecule has 0 saturated heterocycles. The highest BCUT2D eigenvalue weighted by Crippen LogP contribution is 2.10. The molecule has 0 fully saturated rings. The van der Waals surface area contributed by atoms with E-state index in [9.17, 15) is 0 Å². The summed E-state index contributed by atoms with van der Waals surface area (Å²) in [4.78, 5) is 0. The molecule has 0 aromatic heterocycles. The highest BCUT2D eigenvalue weighted by Gasteiger charge is 1.87. The van der Waals surface area contributed by atoms with Crippen molar-refractivity contribution >= 4 is 11.8 Å². The lowest BCUT2D eigenvalue weighted by atomic mass is 10.8. The van der Waals surface area contributed by atoms with E-state index in [1.54, 1.807) is 18.0 Å². The van der Waals surface area contributed by atoms with Crippen molar-refractivity contribution in [1.82, 2.24) is 0 Å². The van der Waals surface area contributed by atoms with E-state index in [0.29, 0.717) is 0 Å². The third-order valence-corrected chi connectivity index (χ3v) is 1.09. The molecule has 0 spiro atoms. The molecule has 2 heteroatoms. The van der Waals surface area contributed by atoms with Gasteiger partial charge in [0.15, 0.2) is 0 Å². The lowest BCUT2D eigenvalue weighted by Crippen LogP contribution is -1.86. The maximum atomic E-state index is 4.81. The molecule has 1 aliphatic heterocycles. The van der Waals surface area contributed by atoms with Gasteiger partial charge in [-0.3, -0.25) is 0 Å². The molecule has 0 atom stereocenters. The summed E-state index contributed by atoms with van der Waals surface area (Å²) < 4.78 is 4.81. The smallest absolute Gasteiger partial charge is 0.101 e. The topological polar surface area (TPSA) is 9.23 Å². The zero-order valence-corrected chi connectivity index (χ0v) is 4.07. The monoisotopic (exact) mass is 101 g/mol. The minimum atomic E-state index is 0.751. The molecular weight excluding hydrogens is 96.1 g/mol. The molecule has 33 valence electrons. The van der Waals surface area contributed by atoms with Gasteiger partial charge in [0.1, 0.15) is 6.61 Å². The van der Waals surface area contributed by atoms with Gasteiger partial charge in [-0.05, 0) is 0 Å². The van der Waals surface area contributed by atoms with E-state index in [4.69, 9.17) is 4.74 Å². The van der Waals surface area contributed by atoms with E-state index in [-0.39, 0.29) is 0 Å². The van der Waals surface area contributed by atoms with Gasteiger partial charge in [0, 0.05) is 5.41 Å². The first-order chi connectivity index (χ1) is 3.00. The highest BCUT2D eigenvalue weighted by molar-refractivity contribution is 8.04. The van der Waals surface area contributed by atoms with Crippen molar-refractivity contribution in [2.24, 2.45) is 0 Å². The average Bonchev–Trinajstić information content (AvgIpc) is 1.72. The molecule has 1 heterocycles. The SMILES string of the molecule is [CH]1COC=CS1. The maximum absolute atomic E-state index is 4.81. The van der Waals surface area contributed by atoms with Crippen LogP contribution in [0.5, 0.6) is 0 Å². The molecule has 0 aromatic rings. The Bertz CT molecular complexity index is 52.6. The van der Waals surface area contributed by atoms with E-state index in [0.717, 1.165) is 6.61 Å². The molecule has 0 N–H and O–H groups in total. The summed E-state index contributed by atoms with van der Waals surface area (Å²) in [5.74, 6) is 2.00. The first-order valence-corrected chi connectivity index (χ1v) is 2.68. The first kappa shape index (κ1) is 4.06. The Labute approximate surface area is 41.4 Å². The third kappa shape index (κ3) is 0.937. The normalized spacial score (nSPS) is 20.0. The highest BCUT2D eigenvalue weighted by atomic mass is 32.2. The van der Waals surface area contributed by atoms with Crippen LogP contribution in [-0.4, -0.2) is 6.61 Å². The number of thioether (sulfide) groups is 1. The van der Waals surface area contributed by atoms with Crippen LogP contribution in [0.1, 0.15) is 0 Å². The van der Waals surface area contributed by atoms with Crippen molar-refractivity contribution in [2.75, 3.05) is 6.61 Å². The van der Waals surface area contributed by atoms with Gasteiger partial charge in [-0.25, -0.2) is 0 Å². The van der Waals surface area contributed by atoms with Gasteiger partial charge in [0.2, 0.25) is 0 Å². The van der Waals surface area contributed by atoms with Crippen LogP contribution in [-0.2, 0) is 4.74 Å². The standard InChI is InChI=1S/C4H5OS/c1-3-6-4-2-5-1/h1,3-4H,2H2. The minimum absolute atomic E-state index is 0.751. The number of hydrogen-bond donors (Lipinski definition) is 0. The summed E-state index contributed by atoms with van der Waals surface area (Å²) >= 11 is 1.66. The summed E-state index contributed by atoms with van der Waals surface area (Å²) in [7, 11) is 0. The number of rotatable bonds is 0. The molecule has 1 aliphatic rings. The number of hydrogen-bond acceptors (Lipinski definition) is 2. The van der Waals surface area contributed by atoms with Crippen molar-refractivity contribution < 1.29 is 4.74 Å². The quantitative estimate of drug-likeness (QED) is 0.456. The maximum Gasteiger partial charge on any atom is 0.101 e. The zero-order chi connectivity index (χ0) is 4.24. The van der Waals surface area contributed by atoms with Crippen LogP contribution in [0.2, 0.25) is 0 Å². The molecule has 1 nitrogen and oxygen atoms in total. The van der Waals surface area contributed by atoms with Gasteiger partial charge in [-0.1, -0.05) is 0 Å². The predicted molar refractivity (Wildman–Crippen MR) is 27.0 cm³/mol. The van der Waals surface area contributed by atoms with Crippen molar-refractivity contribution in [3.05, 3.63) is 17.4 Å². The minimum Gasteiger partial charge on any atom is -0.499 e. The van der Waals surface area contributed by atoms with Crippen LogP contribution in [0.4, 0.5) is 0 Å². The van der Waals surface area contributed by atoms with E-state index >= 15 is 0 Å². The average molecular weight is 101 g/mol. The fourth-order valence-electron chi connectivity index (χ4n) is 0.261. The predicted octanol–water partition coefficient (Wildman–Crippen LogP) is 1.38. The van der Waals surface area contributed by atoms with E-state index < -0.39 is 0 Å².